The van der Waals surface area contributed by atoms with E-state index in [0.29, 0.717) is 6.42 Å². The quantitative estimate of drug-likeness (QED) is 0.585. The van der Waals surface area contributed by atoms with Gasteiger partial charge in [0.15, 0.2) is 0 Å². The van der Waals surface area contributed by atoms with E-state index < -0.39 is 6.10 Å². The molecule has 0 bridgehead atoms. The van der Waals surface area contributed by atoms with E-state index in [-0.39, 0.29) is 0 Å². The summed E-state index contributed by atoms with van der Waals surface area (Å²) in [7, 11) is 0. The Hall–Kier alpha value is -0.680. The molecule has 1 nitrogen and oxygen atoms in total. The fourth-order valence-electron chi connectivity index (χ4n) is 2.22. The summed E-state index contributed by atoms with van der Waals surface area (Å²) in [6.07, 6.45) is 0.160. The lowest BCUT2D eigenvalue weighted by molar-refractivity contribution is 0.182. The Balaban J connectivity index is 1.85. The molecule has 3 aromatic rings. The molecule has 0 radical (unpaired) electrons. The van der Waals surface area contributed by atoms with Gasteiger partial charge in [0.2, 0.25) is 0 Å². The second-order valence-electron chi connectivity index (χ2n) is 4.67. The molecule has 0 aliphatic heterocycles. The summed E-state index contributed by atoms with van der Waals surface area (Å²) in [4.78, 5) is 0.969. The fraction of sp³-hybridized carbons (Fsp3) is 0.125. The molecule has 0 aliphatic carbocycles. The largest absolute Gasteiger partial charge is 0.387 e. The molecule has 1 unspecified atom stereocenters. The molecule has 0 saturated carbocycles. The molecule has 1 aromatic heterocycles. The van der Waals surface area contributed by atoms with Crippen molar-refractivity contribution in [2.45, 2.75) is 12.5 Å². The monoisotopic (exact) mass is 410 g/mol. The third-order valence-electron chi connectivity index (χ3n) is 3.24. The highest BCUT2D eigenvalue weighted by atomic mass is 79.9. The van der Waals surface area contributed by atoms with Gasteiger partial charge in [-0.1, -0.05) is 42.5 Å². The van der Waals surface area contributed by atoms with Crippen molar-refractivity contribution in [2.24, 2.45) is 0 Å². The van der Waals surface area contributed by atoms with Crippen molar-refractivity contribution >= 4 is 54.0 Å². The maximum atomic E-state index is 10.4. The first-order valence-electron chi connectivity index (χ1n) is 6.24. The van der Waals surface area contributed by atoms with E-state index >= 15 is 0 Å². The van der Waals surface area contributed by atoms with Gasteiger partial charge < -0.3 is 5.11 Å². The number of rotatable bonds is 3. The first-order chi connectivity index (χ1) is 9.63. The Morgan fingerprint density at radius 1 is 1.00 bits per heavy atom. The van der Waals surface area contributed by atoms with Crippen molar-refractivity contribution < 1.29 is 5.11 Å². The van der Waals surface area contributed by atoms with Crippen LogP contribution in [0.3, 0.4) is 0 Å². The van der Waals surface area contributed by atoms with Crippen molar-refractivity contribution in [1.29, 1.82) is 0 Å². The van der Waals surface area contributed by atoms with Crippen LogP contribution in [-0.2, 0) is 6.42 Å². The van der Waals surface area contributed by atoms with Gasteiger partial charge in [0, 0.05) is 15.8 Å². The maximum Gasteiger partial charge on any atom is 0.0923 e. The Kier molecular flexibility index (Phi) is 4.26. The van der Waals surface area contributed by atoms with E-state index in [2.05, 4.69) is 62.2 Å². The molecule has 0 amide bonds. The number of benzene rings is 2. The van der Waals surface area contributed by atoms with Crippen LogP contribution in [0.15, 0.2) is 56.8 Å². The molecule has 20 heavy (non-hydrogen) atoms. The zero-order chi connectivity index (χ0) is 14.1. The second kappa shape index (κ2) is 5.98. The molecular weight excluding hydrogens is 400 g/mol. The smallest absolute Gasteiger partial charge is 0.0923 e. The average molecular weight is 412 g/mol. The Morgan fingerprint density at radius 3 is 2.45 bits per heavy atom. The molecule has 4 heteroatoms. The second-order valence-corrected chi connectivity index (χ2v) is 7.93. The number of fused-ring (bicyclic) bond motifs is 1. The summed E-state index contributed by atoms with van der Waals surface area (Å²) >= 11 is 8.48. The normalized spacial score (nSPS) is 12.8. The summed E-state index contributed by atoms with van der Waals surface area (Å²) < 4.78 is 2.01. The summed E-state index contributed by atoms with van der Waals surface area (Å²) in [5.74, 6) is 0. The fourth-order valence-corrected chi connectivity index (χ4v) is 4.29. The number of aliphatic hydroxyl groups is 1. The average Bonchev–Trinajstić information content (AvgIpc) is 2.79. The van der Waals surface area contributed by atoms with E-state index in [0.717, 1.165) is 18.7 Å². The van der Waals surface area contributed by atoms with Gasteiger partial charge in [-0.2, -0.15) is 0 Å². The summed E-state index contributed by atoms with van der Waals surface area (Å²) in [5, 5.41) is 12.8. The first kappa shape index (κ1) is 14.3. The minimum Gasteiger partial charge on any atom is -0.387 e. The molecular formula is C16H12Br2OS. The summed E-state index contributed by atoms with van der Waals surface area (Å²) in [5.41, 5.74) is 1.15. The summed E-state index contributed by atoms with van der Waals surface area (Å²) in [6.45, 7) is 0. The van der Waals surface area contributed by atoms with Crippen LogP contribution >= 0.6 is 43.2 Å². The van der Waals surface area contributed by atoms with Crippen molar-refractivity contribution in [2.75, 3.05) is 0 Å². The molecule has 0 aliphatic rings. The molecule has 0 saturated heterocycles. The molecule has 102 valence electrons. The predicted molar refractivity (Wildman–Crippen MR) is 92.3 cm³/mol. The van der Waals surface area contributed by atoms with E-state index in [1.807, 2.05) is 18.2 Å². The number of hydrogen-bond donors (Lipinski definition) is 1. The van der Waals surface area contributed by atoms with Crippen molar-refractivity contribution in [3.8, 4) is 0 Å². The lowest BCUT2D eigenvalue weighted by atomic mass is 10.0. The Labute approximate surface area is 138 Å². The first-order valence-corrected chi connectivity index (χ1v) is 8.64. The lowest BCUT2D eigenvalue weighted by Crippen LogP contribution is -1.99. The van der Waals surface area contributed by atoms with Gasteiger partial charge in [-0.25, -0.2) is 0 Å². The van der Waals surface area contributed by atoms with Crippen LogP contribution in [0.5, 0.6) is 0 Å². The summed E-state index contributed by atoms with van der Waals surface area (Å²) in [6, 6.07) is 16.6. The van der Waals surface area contributed by atoms with Crippen LogP contribution in [0.4, 0.5) is 0 Å². The van der Waals surface area contributed by atoms with Gasteiger partial charge in [-0.15, -0.1) is 11.3 Å². The van der Waals surface area contributed by atoms with Crippen molar-refractivity contribution in [1.82, 2.24) is 0 Å². The zero-order valence-electron chi connectivity index (χ0n) is 10.5. The zero-order valence-corrected chi connectivity index (χ0v) is 14.5. The van der Waals surface area contributed by atoms with Crippen LogP contribution in [0.25, 0.3) is 10.8 Å². The molecule has 0 spiro atoms. The van der Waals surface area contributed by atoms with E-state index in [9.17, 15) is 5.11 Å². The topological polar surface area (TPSA) is 20.2 Å². The molecule has 1 heterocycles. The number of aliphatic hydroxyl groups excluding tert-OH is 1. The van der Waals surface area contributed by atoms with Gasteiger partial charge in [0.05, 0.1) is 9.89 Å². The van der Waals surface area contributed by atoms with E-state index in [4.69, 9.17) is 0 Å². The highest BCUT2D eigenvalue weighted by Gasteiger charge is 2.13. The third-order valence-corrected chi connectivity index (χ3v) is 6.59. The molecule has 1 N–H and O–H groups in total. The minimum absolute atomic E-state index is 0.469. The van der Waals surface area contributed by atoms with E-state index in [1.165, 1.54) is 10.8 Å². The van der Waals surface area contributed by atoms with Gasteiger partial charge in [0.1, 0.15) is 0 Å². The lowest BCUT2D eigenvalue weighted by Gasteiger charge is -2.09. The molecule has 1 atom stereocenters. The predicted octanol–water partition coefficient (Wildman–Crippen LogP) is 5.70. The standard InChI is InChI=1S/C16H12Br2OS/c17-13-9-15(20-16(13)18)14(19)8-10-5-6-11-3-1-2-4-12(11)7-10/h1-7,9,14,19H,8H2. The SMILES string of the molecule is OC(Cc1ccc2ccccc2c1)c1cc(Br)c(Br)s1. The van der Waals surface area contributed by atoms with Crippen LogP contribution in [-0.4, -0.2) is 5.11 Å². The van der Waals surface area contributed by atoms with Crippen molar-refractivity contribution in [3.05, 3.63) is 67.2 Å². The minimum atomic E-state index is -0.469. The third kappa shape index (κ3) is 2.98. The number of thiophene rings is 1. The molecule has 3 rings (SSSR count). The Morgan fingerprint density at radius 2 is 1.75 bits per heavy atom. The van der Waals surface area contributed by atoms with Crippen molar-refractivity contribution in [3.63, 3.8) is 0 Å². The van der Waals surface area contributed by atoms with Crippen LogP contribution in [0.1, 0.15) is 16.5 Å². The van der Waals surface area contributed by atoms with Gasteiger partial charge in [-0.05, 0) is 54.3 Å². The van der Waals surface area contributed by atoms with Gasteiger partial charge >= 0.3 is 0 Å². The van der Waals surface area contributed by atoms with Crippen LogP contribution in [0.2, 0.25) is 0 Å². The number of halogens is 2. The van der Waals surface area contributed by atoms with E-state index in [1.54, 1.807) is 11.3 Å². The molecule has 2 aromatic carbocycles. The van der Waals surface area contributed by atoms with Gasteiger partial charge in [-0.3, -0.25) is 0 Å². The molecule has 0 fully saturated rings. The Bertz CT molecular complexity index is 732. The highest BCUT2D eigenvalue weighted by molar-refractivity contribution is 9.13. The maximum absolute atomic E-state index is 10.4. The number of hydrogen-bond acceptors (Lipinski definition) is 2. The van der Waals surface area contributed by atoms with Crippen LogP contribution in [0, 0.1) is 0 Å². The van der Waals surface area contributed by atoms with Gasteiger partial charge in [0.25, 0.3) is 0 Å². The highest BCUT2D eigenvalue weighted by Crippen LogP contribution is 2.36. The van der Waals surface area contributed by atoms with Crippen LogP contribution < -0.4 is 0 Å².